The molecule has 0 unspecified atom stereocenters. The van der Waals surface area contributed by atoms with Crippen LogP contribution in [0, 0.1) is 0 Å². The maximum atomic E-state index is 5.43. The Morgan fingerprint density at radius 3 is 2.67 bits per heavy atom. The second-order valence-electron chi connectivity index (χ2n) is 4.29. The van der Waals surface area contributed by atoms with Crippen molar-refractivity contribution in [3.63, 3.8) is 0 Å². The molecule has 0 radical (unpaired) electrons. The van der Waals surface area contributed by atoms with E-state index in [1.54, 1.807) is 7.11 Å². The van der Waals surface area contributed by atoms with E-state index in [2.05, 4.69) is 24.0 Å². The van der Waals surface area contributed by atoms with Gasteiger partial charge in [0.05, 0.1) is 12.6 Å². The number of aromatic nitrogens is 1. The molecular weight excluding hydrogens is 405 g/mol. The summed E-state index contributed by atoms with van der Waals surface area (Å²) in [5.74, 6) is 0.932. The van der Waals surface area contributed by atoms with Crippen LogP contribution in [0.25, 0.3) is 10.9 Å². The number of nitrogens with zero attached hydrogens (tertiary/aromatic N) is 1. The van der Waals surface area contributed by atoms with Gasteiger partial charge in [0.15, 0.2) is 0 Å². The maximum absolute atomic E-state index is 5.43. The average molecular weight is 424 g/mol. The van der Waals surface area contributed by atoms with Gasteiger partial charge < -0.3 is 4.74 Å². The van der Waals surface area contributed by atoms with Crippen LogP contribution >= 0.6 is 0 Å². The van der Waals surface area contributed by atoms with Gasteiger partial charge in [0, 0.05) is 17.1 Å². The van der Waals surface area contributed by atoms with Gasteiger partial charge in [-0.3, -0.25) is 4.98 Å². The van der Waals surface area contributed by atoms with Gasteiger partial charge in [-0.25, -0.2) is 0 Å². The van der Waals surface area contributed by atoms with Gasteiger partial charge in [0.2, 0.25) is 0 Å². The van der Waals surface area contributed by atoms with Crippen molar-refractivity contribution in [2.24, 2.45) is 0 Å². The van der Waals surface area contributed by atoms with E-state index in [-0.39, 0.29) is 21.1 Å². The Hall–Kier alpha value is -0.882. The number of hydrogen-bond donors (Lipinski definition) is 0. The Morgan fingerprint density at radius 1 is 1.17 bits per heavy atom. The molecular formula is C15H19NOPt+2. The average Bonchev–Trinajstić information content (AvgIpc) is 2.38. The summed E-state index contributed by atoms with van der Waals surface area (Å²) in [6.45, 7) is 2.22. The first-order valence-electron chi connectivity index (χ1n) is 6.27. The normalized spacial score (nSPS) is 10.1. The summed E-state index contributed by atoms with van der Waals surface area (Å²) >= 11 is 0. The van der Waals surface area contributed by atoms with Gasteiger partial charge in [-0.1, -0.05) is 31.9 Å². The number of unbranched alkanes of at least 4 members (excludes halogenated alkanes) is 2. The fraction of sp³-hybridized carbons (Fsp3) is 0.400. The van der Waals surface area contributed by atoms with Crippen LogP contribution in [0.3, 0.4) is 0 Å². The van der Waals surface area contributed by atoms with Crippen LogP contribution in [-0.2, 0) is 27.5 Å². The monoisotopic (exact) mass is 424 g/mol. The minimum atomic E-state index is 0. The van der Waals surface area contributed by atoms with E-state index in [1.807, 2.05) is 18.2 Å². The van der Waals surface area contributed by atoms with Gasteiger partial charge >= 0.3 is 21.1 Å². The summed E-state index contributed by atoms with van der Waals surface area (Å²) in [4.78, 5) is 4.68. The van der Waals surface area contributed by atoms with Gasteiger partial charge in [-0.15, -0.1) is 0 Å². The van der Waals surface area contributed by atoms with Crippen LogP contribution in [0.1, 0.15) is 31.9 Å². The van der Waals surface area contributed by atoms with Crippen LogP contribution < -0.4 is 4.74 Å². The molecule has 0 aliphatic carbocycles. The van der Waals surface area contributed by atoms with E-state index >= 15 is 0 Å². The summed E-state index contributed by atoms with van der Waals surface area (Å²) in [5, 5.41) is 1.09. The number of pyridine rings is 1. The standard InChI is InChI=1S/C15H19NO.Pt/c1-3-4-5-8-12-11-15(17-2)13-9-6-7-10-14(13)16-12;/h6-7,9-11H,3-5,8H2,1-2H3;/q;+2. The summed E-state index contributed by atoms with van der Waals surface area (Å²) < 4.78 is 5.43. The number of fused-ring (bicyclic) bond motifs is 1. The number of aryl methyl sites for hydroxylation is 1. The third-order valence-electron chi connectivity index (χ3n) is 2.99. The van der Waals surface area contributed by atoms with E-state index in [0.29, 0.717) is 0 Å². The molecule has 0 bridgehead atoms. The Labute approximate surface area is 123 Å². The third-order valence-corrected chi connectivity index (χ3v) is 2.99. The van der Waals surface area contributed by atoms with E-state index in [1.165, 1.54) is 19.3 Å². The van der Waals surface area contributed by atoms with Gasteiger partial charge in [0.25, 0.3) is 0 Å². The van der Waals surface area contributed by atoms with Crippen molar-refractivity contribution in [3.05, 3.63) is 36.0 Å². The molecule has 3 heteroatoms. The molecule has 0 spiro atoms. The van der Waals surface area contributed by atoms with Crippen LogP contribution in [0.2, 0.25) is 0 Å². The molecule has 0 fully saturated rings. The van der Waals surface area contributed by atoms with Crippen molar-refractivity contribution >= 4 is 10.9 Å². The smallest absolute Gasteiger partial charge is 0.496 e. The number of rotatable bonds is 5. The first kappa shape index (κ1) is 15.2. The van der Waals surface area contributed by atoms with Crippen molar-refractivity contribution in [2.45, 2.75) is 32.6 Å². The molecule has 2 aromatic rings. The maximum Gasteiger partial charge on any atom is 2.00 e. The van der Waals surface area contributed by atoms with Crippen molar-refractivity contribution < 1.29 is 25.8 Å². The molecule has 0 aliphatic heterocycles. The van der Waals surface area contributed by atoms with Crippen molar-refractivity contribution in [1.29, 1.82) is 0 Å². The molecule has 98 valence electrons. The fourth-order valence-electron chi connectivity index (χ4n) is 2.05. The van der Waals surface area contributed by atoms with Gasteiger partial charge in [0.1, 0.15) is 5.75 Å². The summed E-state index contributed by atoms with van der Waals surface area (Å²) in [7, 11) is 1.72. The molecule has 0 atom stereocenters. The van der Waals surface area contributed by atoms with Crippen molar-refractivity contribution in [1.82, 2.24) is 4.98 Å². The molecule has 0 amide bonds. The van der Waals surface area contributed by atoms with Gasteiger partial charge in [-0.05, 0) is 25.0 Å². The van der Waals surface area contributed by atoms with Crippen molar-refractivity contribution in [2.75, 3.05) is 7.11 Å². The summed E-state index contributed by atoms with van der Waals surface area (Å²) in [5.41, 5.74) is 2.16. The zero-order chi connectivity index (χ0) is 12.1. The molecule has 2 nitrogen and oxygen atoms in total. The number of methoxy groups -OCH3 is 1. The largest absolute Gasteiger partial charge is 2.00 e. The Morgan fingerprint density at radius 2 is 1.94 bits per heavy atom. The predicted octanol–water partition coefficient (Wildman–Crippen LogP) is 3.97. The second-order valence-corrected chi connectivity index (χ2v) is 4.29. The molecule has 0 saturated heterocycles. The number of ether oxygens (including phenoxy) is 1. The van der Waals surface area contributed by atoms with Crippen LogP contribution in [0.5, 0.6) is 5.75 Å². The Kier molecular flexibility index (Phi) is 6.35. The van der Waals surface area contributed by atoms with E-state index < -0.39 is 0 Å². The molecule has 1 aromatic heterocycles. The zero-order valence-corrected chi connectivity index (χ0v) is 13.2. The van der Waals surface area contributed by atoms with E-state index in [0.717, 1.165) is 28.8 Å². The SMILES string of the molecule is CCCCCc1cc(OC)c2ccccc2n1.[Pt+2]. The zero-order valence-electron chi connectivity index (χ0n) is 10.9. The van der Waals surface area contributed by atoms with Crippen molar-refractivity contribution in [3.8, 4) is 5.75 Å². The predicted molar refractivity (Wildman–Crippen MR) is 71.5 cm³/mol. The van der Waals surface area contributed by atoms with E-state index in [9.17, 15) is 0 Å². The number of para-hydroxylation sites is 1. The molecule has 0 saturated carbocycles. The Balaban J connectivity index is 0.00000162. The molecule has 2 rings (SSSR count). The molecule has 1 aromatic carbocycles. The minimum Gasteiger partial charge on any atom is -0.496 e. The fourth-order valence-corrected chi connectivity index (χ4v) is 2.05. The van der Waals surface area contributed by atoms with Crippen LogP contribution in [0.15, 0.2) is 30.3 Å². The number of hydrogen-bond acceptors (Lipinski definition) is 2. The van der Waals surface area contributed by atoms with Crippen LogP contribution in [-0.4, -0.2) is 12.1 Å². The third kappa shape index (κ3) is 3.55. The first-order chi connectivity index (χ1) is 8.35. The van der Waals surface area contributed by atoms with E-state index in [4.69, 9.17) is 4.74 Å². The first-order valence-corrected chi connectivity index (χ1v) is 6.27. The Bertz CT molecular complexity index is 499. The van der Waals surface area contributed by atoms with Crippen LogP contribution in [0.4, 0.5) is 0 Å². The quantitative estimate of drug-likeness (QED) is 0.678. The number of benzene rings is 1. The topological polar surface area (TPSA) is 22.1 Å². The molecule has 0 aliphatic rings. The second kappa shape index (κ2) is 7.53. The summed E-state index contributed by atoms with van der Waals surface area (Å²) in [6.07, 6.45) is 4.74. The molecule has 1 heterocycles. The molecule has 18 heavy (non-hydrogen) atoms. The molecule has 0 N–H and O–H groups in total. The summed E-state index contributed by atoms with van der Waals surface area (Å²) in [6, 6.07) is 10.2. The minimum absolute atomic E-state index is 0. The van der Waals surface area contributed by atoms with Gasteiger partial charge in [-0.2, -0.15) is 0 Å².